The summed E-state index contributed by atoms with van der Waals surface area (Å²) >= 11 is 0. The number of benzene rings is 1. The Morgan fingerprint density at radius 1 is 1.37 bits per heavy atom. The van der Waals surface area contributed by atoms with E-state index in [2.05, 4.69) is 5.92 Å². The van der Waals surface area contributed by atoms with Gasteiger partial charge < -0.3 is 10.6 Å². The molecule has 1 aromatic rings. The maximum atomic E-state index is 12.4. The van der Waals surface area contributed by atoms with Crippen molar-refractivity contribution in [1.82, 2.24) is 4.90 Å². The van der Waals surface area contributed by atoms with E-state index in [4.69, 9.17) is 12.2 Å². The normalized spacial score (nSPS) is 13.6. The van der Waals surface area contributed by atoms with Crippen LogP contribution in [-0.4, -0.2) is 29.8 Å². The Labute approximate surface area is 112 Å². The molecule has 0 aliphatic heterocycles. The van der Waals surface area contributed by atoms with Crippen LogP contribution < -0.4 is 5.73 Å². The maximum Gasteiger partial charge on any atom is 0.254 e. The standard InChI is InChI=1S/C15H16N2O2/c1-2-8-17(10-11-6-7-11)15(19)13-5-3-4-12(9-13)14(16)18/h1,3-5,9,11H,6-8,10H2,(H2,16,18). The Morgan fingerprint density at radius 2 is 2.05 bits per heavy atom. The van der Waals surface area contributed by atoms with Gasteiger partial charge in [-0.1, -0.05) is 12.0 Å². The molecule has 2 N–H and O–H groups in total. The topological polar surface area (TPSA) is 63.4 Å². The summed E-state index contributed by atoms with van der Waals surface area (Å²) in [6, 6.07) is 6.43. The Morgan fingerprint density at radius 3 is 2.63 bits per heavy atom. The van der Waals surface area contributed by atoms with E-state index in [1.165, 1.54) is 6.07 Å². The highest BCUT2D eigenvalue weighted by Gasteiger charge is 2.27. The number of nitrogens with zero attached hydrogens (tertiary/aromatic N) is 1. The molecule has 0 bridgehead atoms. The van der Waals surface area contributed by atoms with Crippen LogP contribution in [0.2, 0.25) is 0 Å². The van der Waals surface area contributed by atoms with Crippen LogP contribution >= 0.6 is 0 Å². The zero-order chi connectivity index (χ0) is 13.8. The molecule has 1 saturated carbocycles. The fourth-order valence-corrected chi connectivity index (χ4v) is 1.93. The molecule has 0 atom stereocenters. The molecule has 0 heterocycles. The summed E-state index contributed by atoms with van der Waals surface area (Å²) in [6.07, 6.45) is 7.60. The van der Waals surface area contributed by atoms with E-state index in [0.717, 1.165) is 12.8 Å². The summed E-state index contributed by atoms with van der Waals surface area (Å²) in [5.41, 5.74) is 5.99. The zero-order valence-corrected chi connectivity index (χ0v) is 10.6. The van der Waals surface area contributed by atoms with E-state index >= 15 is 0 Å². The first-order valence-corrected chi connectivity index (χ1v) is 6.24. The second-order valence-corrected chi connectivity index (χ2v) is 4.78. The molecule has 0 spiro atoms. The summed E-state index contributed by atoms with van der Waals surface area (Å²) < 4.78 is 0. The minimum Gasteiger partial charge on any atom is -0.366 e. The van der Waals surface area contributed by atoms with Crippen molar-refractivity contribution in [3.05, 3.63) is 35.4 Å². The summed E-state index contributed by atoms with van der Waals surface area (Å²) in [5, 5.41) is 0. The van der Waals surface area contributed by atoms with Gasteiger partial charge in [0.15, 0.2) is 0 Å². The molecule has 2 amide bonds. The van der Waals surface area contributed by atoms with Gasteiger partial charge in [0.25, 0.3) is 5.91 Å². The van der Waals surface area contributed by atoms with Crippen LogP contribution in [-0.2, 0) is 0 Å². The quantitative estimate of drug-likeness (QED) is 0.806. The molecule has 1 aliphatic carbocycles. The third-order valence-corrected chi connectivity index (χ3v) is 3.14. The van der Waals surface area contributed by atoms with Crippen molar-refractivity contribution in [3.63, 3.8) is 0 Å². The van der Waals surface area contributed by atoms with Crippen molar-refractivity contribution in [2.75, 3.05) is 13.1 Å². The lowest BCUT2D eigenvalue weighted by Crippen LogP contribution is -2.33. The average Bonchev–Trinajstić information content (AvgIpc) is 3.21. The molecule has 4 nitrogen and oxygen atoms in total. The number of carbonyl (C=O) groups is 2. The zero-order valence-electron chi connectivity index (χ0n) is 10.6. The Bertz CT molecular complexity index is 541. The number of rotatable bonds is 5. The molecule has 1 fully saturated rings. The van der Waals surface area contributed by atoms with Crippen molar-refractivity contribution in [3.8, 4) is 12.3 Å². The fourth-order valence-electron chi connectivity index (χ4n) is 1.93. The summed E-state index contributed by atoms with van der Waals surface area (Å²) in [7, 11) is 0. The second kappa shape index (κ2) is 5.57. The van der Waals surface area contributed by atoms with Gasteiger partial charge >= 0.3 is 0 Å². The summed E-state index contributed by atoms with van der Waals surface area (Å²) in [4.78, 5) is 25.1. The van der Waals surface area contributed by atoms with Crippen LogP contribution in [0.3, 0.4) is 0 Å². The molecule has 2 rings (SSSR count). The van der Waals surface area contributed by atoms with E-state index in [0.29, 0.717) is 23.6 Å². The Balaban J connectivity index is 2.17. The van der Waals surface area contributed by atoms with Crippen LogP contribution in [0.5, 0.6) is 0 Å². The predicted octanol–water partition coefficient (Wildman–Crippen LogP) is 1.27. The minimum absolute atomic E-state index is 0.145. The highest BCUT2D eigenvalue weighted by Crippen LogP contribution is 2.30. The molecule has 0 unspecified atom stereocenters. The molecule has 98 valence electrons. The predicted molar refractivity (Wildman–Crippen MR) is 72.4 cm³/mol. The van der Waals surface area contributed by atoms with Crippen LogP contribution in [0, 0.1) is 18.3 Å². The number of nitrogens with two attached hydrogens (primary N) is 1. The van der Waals surface area contributed by atoms with Crippen LogP contribution in [0.4, 0.5) is 0 Å². The Hall–Kier alpha value is -2.28. The molecule has 19 heavy (non-hydrogen) atoms. The third kappa shape index (κ3) is 3.35. The highest BCUT2D eigenvalue weighted by atomic mass is 16.2. The molecule has 0 aromatic heterocycles. The van der Waals surface area contributed by atoms with E-state index in [-0.39, 0.29) is 12.5 Å². The summed E-state index contributed by atoms with van der Waals surface area (Å²) in [5.74, 6) is 2.38. The van der Waals surface area contributed by atoms with Gasteiger partial charge in [0.05, 0.1) is 6.54 Å². The number of hydrogen-bond donors (Lipinski definition) is 1. The van der Waals surface area contributed by atoms with Crippen LogP contribution in [0.15, 0.2) is 24.3 Å². The van der Waals surface area contributed by atoms with Crippen molar-refractivity contribution in [2.45, 2.75) is 12.8 Å². The lowest BCUT2D eigenvalue weighted by molar-refractivity contribution is 0.0770. The first-order chi connectivity index (χ1) is 9.11. The lowest BCUT2D eigenvalue weighted by Gasteiger charge is -2.20. The number of hydrogen-bond acceptors (Lipinski definition) is 2. The van der Waals surface area contributed by atoms with Gasteiger partial charge in [-0.15, -0.1) is 6.42 Å². The van der Waals surface area contributed by atoms with Gasteiger partial charge in [0.1, 0.15) is 0 Å². The molecule has 1 aliphatic rings. The van der Waals surface area contributed by atoms with E-state index in [1.807, 2.05) is 0 Å². The molecule has 0 saturated heterocycles. The van der Waals surface area contributed by atoms with Crippen LogP contribution in [0.1, 0.15) is 33.6 Å². The largest absolute Gasteiger partial charge is 0.366 e. The molecular formula is C15H16N2O2. The lowest BCUT2D eigenvalue weighted by atomic mass is 10.1. The molecular weight excluding hydrogens is 240 g/mol. The molecule has 4 heteroatoms. The van der Waals surface area contributed by atoms with Crippen molar-refractivity contribution < 1.29 is 9.59 Å². The third-order valence-electron chi connectivity index (χ3n) is 3.14. The van der Waals surface area contributed by atoms with E-state index < -0.39 is 5.91 Å². The maximum absolute atomic E-state index is 12.4. The average molecular weight is 256 g/mol. The van der Waals surface area contributed by atoms with Gasteiger partial charge in [-0.3, -0.25) is 9.59 Å². The first kappa shape index (κ1) is 13.2. The van der Waals surface area contributed by atoms with Gasteiger partial charge in [-0.05, 0) is 37.0 Å². The van der Waals surface area contributed by atoms with Crippen molar-refractivity contribution >= 4 is 11.8 Å². The number of terminal acetylenes is 1. The summed E-state index contributed by atoms with van der Waals surface area (Å²) in [6.45, 7) is 0.972. The van der Waals surface area contributed by atoms with E-state index in [9.17, 15) is 9.59 Å². The smallest absolute Gasteiger partial charge is 0.254 e. The van der Waals surface area contributed by atoms with Crippen LogP contribution in [0.25, 0.3) is 0 Å². The van der Waals surface area contributed by atoms with Gasteiger partial charge in [-0.25, -0.2) is 0 Å². The molecule has 0 radical (unpaired) electrons. The number of primary amides is 1. The number of carbonyl (C=O) groups excluding carboxylic acids is 2. The van der Waals surface area contributed by atoms with Gasteiger partial charge in [0.2, 0.25) is 5.91 Å². The first-order valence-electron chi connectivity index (χ1n) is 6.24. The SMILES string of the molecule is C#CCN(CC1CC1)C(=O)c1cccc(C(N)=O)c1. The second-order valence-electron chi connectivity index (χ2n) is 4.78. The van der Waals surface area contributed by atoms with Crippen molar-refractivity contribution in [2.24, 2.45) is 11.7 Å². The highest BCUT2D eigenvalue weighted by molar-refractivity contribution is 5.99. The van der Waals surface area contributed by atoms with Gasteiger partial charge in [-0.2, -0.15) is 0 Å². The van der Waals surface area contributed by atoms with Crippen molar-refractivity contribution in [1.29, 1.82) is 0 Å². The van der Waals surface area contributed by atoms with Gasteiger partial charge in [0, 0.05) is 17.7 Å². The Kier molecular flexibility index (Phi) is 3.86. The molecule has 1 aromatic carbocycles. The number of amides is 2. The fraction of sp³-hybridized carbons (Fsp3) is 0.333. The van der Waals surface area contributed by atoms with E-state index in [1.54, 1.807) is 23.1 Å². The minimum atomic E-state index is -0.541. The monoisotopic (exact) mass is 256 g/mol.